The van der Waals surface area contributed by atoms with Gasteiger partial charge in [0.05, 0.1) is 17.4 Å². The second-order valence-electron chi connectivity index (χ2n) is 5.81. The van der Waals surface area contributed by atoms with E-state index in [2.05, 4.69) is 53.7 Å². The van der Waals surface area contributed by atoms with Gasteiger partial charge in [0, 0.05) is 11.9 Å². The smallest absolute Gasteiger partial charge is 0.258 e. The molecule has 0 aliphatic rings. The van der Waals surface area contributed by atoms with Crippen LogP contribution < -0.4 is 10.6 Å². The minimum atomic E-state index is -0.669. The fraction of sp³-hybridized carbons (Fsp3) is 0.0952. The van der Waals surface area contributed by atoms with E-state index in [9.17, 15) is 14.0 Å². The molecule has 0 spiro atoms. The number of halogens is 1. The van der Waals surface area contributed by atoms with E-state index in [-0.39, 0.29) is 5.56 Å². The summed E-state index contributed by atoms with van der Waals surface area (Å²) in [6.45, 7) is 4.21. The molecule has 1 heterocycles. The maximum Gasteiger partial charge on any atom is 0.258 e. The summed E-state index contributed by atoms with van der Waals surface area (Å²) in [6.07, 6.45) is 3.46. The number of aryl methyl sites for hydroxylation is 2. The van der Waals surface area contributed by atoms with Gasteiger partial charge >= 0.3 is 0 Å². The summed E-state index contributed by atoms with van der Waals surface area (Å²) in [7, 11) is 0. The van der Waals surface area contributed by atoms with Crippen molar-refractivity contribution in [3.05, 3.63) is 89.5 Å². The minimum absolute atomic E-state index is 0.157. The zero-order chi connectivity index (χ0) is 19.6. The van der Waals surface area contributed by atoms with Gasteiger partial charge < -0.3 is 10.6 Å². The lowest BCUT2D eigenvalue weighted by Crippen LogP contribution is -2.14. The number of aromatic nitrogens is 1. The first-order valence-corrected chi connectivity index (χ1v) is 8.24. The molecule has 0 fully saturated rings. The average molecular weight is 365 g/mol. The largest absolute Gasteiger partial charge is 0.329 e. The number of hydrogen-bond donors (Lipinski definition) is 2. The summed E-state index contributed by atoms with van der Waals surface area (Å²) >= 11 is 0. The number of hydrogen-bond acceptors (Lipinski definition) is 3. The Kier molecular flexibility index (Phi) is 7.19. The normalized spacial score (nSPS) is 9.59. The second kappa shape index (κ2) is 9.82. The van der Waals surface area contributed by atoms with Gasteiger partial charge in [-0.25, -0.2) is 4.39 Å². The molecule has 0 saturated heterocycles. The van der Waals surface area contributed by atoms with Crippen molar-refractivity contribution in [1.29, 1.82) is 0 Å². The number of benzene rings is 2. The third-order valence-corrected chi connectivity index (χ3v) is 3.53. The molecule has 6 heteroatoms. The Morgan fingerprint density at radius 3 is 2.30 bits per heavy atom. The van der Waals surface area contributed by atoms with Crippen LogP contribution in [0.1, 0.15) is 21.5 Å². The van der Waals surface area contributed by atoms with E-state index in [0.29, 0.717) is 17.8 Å². The Hall–Kier alpha value is -3.54. The Balaban J connectivity index is 0.000000273. The fourth-order valence-electron chi connectivity index (χ4n) is 2.30. The predicted octanol–water partition coefficient (Wildman–Crippen LogP) is 4.34. The highest BCUT2D eigenvalue weighted by molar-refractivity contribution is 6.05. The van der Waals surface area contributed by atoms with Crippen molar-refractivity contribution in [2.24, 2.45) is 0 Å². The lowest BCUT2D eigenvalue weighted by Gasteiger charge is -2.07. The summed E-state index contributed by atoms with van der Waals surface area (Å²) in [5.41, 5.74) is 3.32. The molecule has 3 rings (SSSR count). The third kappa shape index (κ3) is 6.36. The predicted molar refractivity (Wildman–Crippen MR) is 104 cm³/mol. The van der Waals surface area contributed by atoms with Gasteiger partial charge in [0.25, 0.3) is 5.91 Å². The van der Waals surface area contributed by atoms with Crippen molar-refractivity contribution < 1.29 is 14.0 Å². The molecule has 0 aliphatic carbocycles. The Morgan fingerprint density at radius 1 is 1.00 bits per heavy atom. The maximum absolute atomic E-state index is 13.6. The number of anilines is 2. The summed E-state index contributed by atoms with van der Waals surface area (Å²) in [4.78, 5) is 26.0. The van der Waals surface area contributed by atoms with Gasteiger partial charge in [0.2, 0.25) is 6.41 Å². The summed E-state index contributed by atoms with van der Waals surface area (Å²) in [6, 6.07) is 15.5. The number of rotatable bonds is 4. The van der Waals surface area contributed by atoms with Crippen LogP contribution in [-0.2, 0) is 4.79 Å². The number of pyridine rings is 1. The molecule has 2 amide bonds. The molecular weight excluding hydrogens is 345 g/mol. The highest BCUT2D eigenvalue weighted by atomic mass is 19.1. The van der Waals surface area contributed by atoms with Crippen LogP contribution in [0.25, 0.3) is 0 Å². The third-order valence-electron chi connectivity index (χ3n) is 3.53. The van der Waals surface area contributed by atoms with Crippen LogP contribution in [0.4, 0.5) is 15.8 Å². The van der Waals surface area contributed by atoms with Crippen molar-refractivity contribution >= 4 is 23.7 Å². The van der Waals surface area contributed by atoms with Crippen LogP contribution in [0.3, 0.4) is 0 Å². The minimum Gasteiger partial charge on any atom is -0.329 e. The zero-order valence-electron chi connectivity index (χ0n) is 15.1. The van der Waals surface area contributed by atoms with Gasteiger partial charge in [0.1, 0.15) is 5.82 Å². The standard InChI is InChI=1S/C13H10FN3O2.C8H10/c14-12-4-3-9(16-8-18)6-11(12)13(19)17-10-2-1-5-15-7-10;1-7-4-3-5-8(2)6-7/h1-8H,(H,16,18)(H,17,19);3-6H,1-2H3. The van der Waals surface area contributed by atoms with Crippen molar-refractivity contribution in [3.63, 3.8) is 0 Å². The molecule has 0 saturated carbocycles. The lowest BCUT2D eigenvalue weighted by atomic mass is 10.1. The molecule has 0 aliphatic heterocycles. The molecule has 1 aromatic heterocycles. The quantitative estimate of drug-likeness (QED) is 0.676. The van der Waals surface area contributed by atoms with E-state index in [1.165, 1.54) is 29.5 Å². The Labute approximate surface area is 157 Å². The SMILES string of the molecule is Cc1cccc(C)c1.O=CNc1ccc(F)c(C(=O)Nc2cccnc2)c1. The van der Waals surface area contributed by atoms with Gasteiger partial charge in [-0.1, -0.05) is 35.4 Å². The molecule has 0 atom stereocenters. The molecular formula is C21H20FN3O2. The van der Waals surface area contributed by atoms with Crippen LogP contribution >= 0.6 is 0 Å². The number of nitrogens with zero attached hydrogens (tertiary/aromatic N) is 1. The van der Waals surface area contributed by atoms with Crippen LogP contribution in [0.15, 0.2) is 67.0 Å². The highest BCUT2D eigenvalue weighted by Gasteiger charge is 2.12. The van der Waals surface area contributed by atoms with Crippen LogP contribution in [-0.4, -0.2) is 17.3 Å². The van der Waals surface area contributed by atoms with Crippen LogP contribution in [0.5, 0.6) is 0 Å². The lowest BCUT2D eigenvalue weighted by molar-refractivity contribution is -0.105. The molecule has 0 bridgehead atoms. The highest BCUT2D eigenvalue weighted by Crippen LogP contribution is 2.16. The van der Waals surface area contributed by atoms with E-state index in [1.54, 1.807) is 18.3 Å². The van der Waals surface area contributed by atoms with Crippen molar-refractivity contribution in [1.82, 2.24) is 4.98 Å². The van der Waals surface area contributed by atoms with Crippen LogP contribution in [0, 0.1) is 19.7 Å². The van der Waals surface area contributed by atoms with E-state index in [4.69, 9.17) is 0 Å². The monoisotopic (exact) mass is 365 g/mol. The molecule has 138 valence electrons. The Morgan fingerprint density at radius 2 is 1.74 bits per heavy atom. The first-order chi connectivity index (χ1) is 13.0. The maximum atomic E-state index is 13.6. The molecule has 3 aromatic rings. The average Bonchev–Trinajstić information content (AvgIpc) is 2.64. The van der Waals surface area contributed by atoms with Crippen LogP contribution in [0.2, 0.25) is 0 Å². The van der Waals surface area contributed by atoms with E-state index in [1.807, 2.05) is 0 Å². The summed E-state index contributed by atoms with van der Waals surface area (Å²) in [5, 5.41) is 4.87. The van der Waals surface area contributed by atoms with Gasteiger partial charge in [0.15, 0.2) is 0 Å². The summed E-state index contributed by atoms with van der Waals surface area (Å²) in [5.74, 6) is -1.28. The van der Waals surface area contributed by atoms with Crippen molar-refractivity contribution in [3.8, 4) is 0 Å². The number of nitrogens with one attached hydrogen (secondary N) is 2. The van der Waals surface area contributed by atoms with Crippen molar-refractivity contribution in [2.45, 2.75) is 13.8 Å². The topological polar surface area (TPSA) is 71.1 Å². The molecule has 0 unspecified atom stereocenters. The number of carbonyl (C=O) groups excluding carboxylic acids is 2. The Bertz CT molecular complexity index is 897. The number of amides is 2. The second-order valence-corrected chi connectivity index (χ2v) is 5.81. The number of carbonyl (C=O) groups is 2. The molecule has 0 radical (unpaired) electrons. The van der Waals surface area contributed by atoms with E-state index >= 15 is 0 Å². The van der Waals surface area contributed by atoms with Crippen molar-refractivity contribution in [2.75, 3.05) is 10.6 Å². The molecule has 27 heavy (non-hydrogen) atoms. The fourth-order valence-corrected chi connectivity index (χ4v) is 2.30. The summed E-state index contributed by atoms with van der Waals surface area (Å²) < 4.78 is 13.6. The molecule has 5 nitrogen and oxygen atoms in total. The zero-order valence-corrected chi connectivity index (χ0v) is 15.1. The van der Waals surface area contributed by atoms with Gasteiger partial charge in [-0.15, -0.1) is 0 Å². The first-order valence-electron chi connectivity index (χ1n) is 8.24. The first kappa shape index (κ1) is 19.8. The van der Waals surface area contributed by atoms with Gasteiger partial charge in [-0.05, 0) is 44.2 Å². The molecule has 2 aromatic carbocycles. The molecule has 2 N–H and O–H groups in total. The van der Waals surface area contributed by atoms with Gasteiger partial charge in [-0.3, -0.25) is 14.6 Å². The van der Waals surface area contributed by atoms with Gasteiger partial charge in [-0.2, -0.15) is 0 Å². The van der Waals surface area contributed by atoms with E-state index < -0.39 is 11.7 Å². The van der Waals surface area contributed by atoms with E-state index in [0.717, 1.165) is 6.07 Å².